The van der Waals surface area contributed by atoms with Crippen LogP contribution in [0.25, 0.3) is 0 Å². The maximum absolute atomic E-state index is 13.6. The largest absolute Gasteiger partial charge is 0.292 e. The lowest BCUT2D eigenvalue weighted by molar-refractivity contribution is 0.0974. The molecule has 2 aromatic carbocycles. The number of carbonyl (C=O) groups excluding carboxylic acids is 1. The molecular formula is C16H11F2NO. The molecule has 0 heterocycles. The van der Waals surface area contributed by atoms with Crippen molar-refractivity contribution in [3.63, 3.8) is 0 Å². The minimum Gasteiger partial charge on any atom is -0.292 e. The zero-order valence-electron chi connectivity index (χ0n) is 10.7. The maximum Gasteiger partial charge on any atom is 0.187 e. The summed E-state index contributed by atoms with van der Waals surface area (Å²) in [5.74, 6) is -3.43. The Kier molecular flexibility index (Phi) is 3.90. The fraction of sp³-hybridized carbons (Fsp3) is 0.125. The van der Waals surface area contributed by atoms with Crippen LogP contribution in [0, 0.1) is 29.9 Å². The highest BCUT2D eigenvalue weighted by Crippen LogP contribution is 2.23. The highest BCUT2D eigenvalue weighted by molar-refractivity contribution is 6.02. The van der Waals surface area contributed by atoms with Crippen molar-refractivity contribution in [1.82, 2.24) is 0 Å². The lowest BCUT2D eigenvalue weighted by atomic mass is 9.91. The molecule has 0 N–H and O–H groups in total. The van der Waals surface area contributed by atoms with Gasteiger partial charge in [-0.2, -0.15) is 5.26 Å². The molecule has 20 heavy (non-hydrogen) atoms. The number of hydrogen-bond acceptors (Lipinski definition) is 2. The van der Waals surface area contributed by atoms with Crippen molar-refractivity contribution in [1.29, 1.82) is 5.26 Å². The van der Waals surface area contributed by atoms with Crippen LogP contribution in [0.1, 0.15) is 27.4 Å². The number of aryl methyl sites for hydroxylation is 1. The number of rotatable bonds is 3. The van der Waals surface area contributed by atoms with Crippen LogP contribution >= 0.6 is 0 Å². The predicted molar refractivity (Wildman–Crippen MR) is 70.2 cm³/mol. The van der Waals surface area contributed by atoms with Gasteiger partial charge in [-0.1, -0.05) is 29.8 Å². The standard InChI is InChI=1S/C16H11F2NO/c1-10-2-4-11(5-3-10)14(9-19)16(20)13-8-12(17)6-7-15(13)18/h2-8,14H,1H3. The summed E-state index contributed by atoms with van der Waals surface area (Å²) in [5.41, 5.74) is 1.04. The molecule has 0 aliphatic heterocycles. The molecule has 2 nitrogen and oxygen atoms in total. The Balaban J connectivity index is 2.42. The van der Waals surface area contributed by atoms with Crippen LogP contribution in [0.4, 0.5) is 8.78 Å². The molecule has 0 fully saturated rings. The van der Waals surface area contributed by atoms with E-state index in [0.29, 0.717) is 5.56 Å². The summed E-state index contributed by atoms with van der Waals surface area (Å²) in [6.07, 6.45) is 0. The van der Waals surface area contributed by atoms with E-state index in [2.05, 4.69) is 0 Å². The predicted octanol–water partition coefficient (Wildman–Crippen LogP) is 3.76. The second-order valence-corrected chi connectivity index (χ2v) is 4.46. The van der Waals surface area contributed by atoms with Crippen molar-refractivity contribution in [2.45, 2.75) is 12.8 Å². The molecule has 1 unspecified atom stereocenters. The number of halogens is 2. The number of hydrogen-bond donors (Lipinski definition) is 0. The summed E-state index contributed by atoms with van der Waals surface area (Å²) >= 11 is 0. The van der Waals surface area contributed by atoms with Crippen molar-refractivity contribution < 1.29 is 13.6 Å². The van der Waals surface area contributed by atoms with E-state index in [1.807, 2.05) is 13.0 Å². The second-order valence-electron chi connectivity index (χ2n) is 4.46. The van der Waals surface area contributed by atoms with Crippen molar-refractivity contribution in [3.05, 3.63) is 70.8 Å². The van der Waals surface area contributed by atoms with Gasteiger partial charge in [-0.3, -0.25) is 4.79 Å². The van der Waals surface area contributed by atoms with E-state index in [4.69, 9.17) is 5.26 Å². The molecule has 0 radical (unpaired) electrons. The number of ketones is 1. The molecular weight excluding hydrogens is 260 g/mol. The fourth-order valence-electron chi connectivity index (χ4n) is 1.89. The van der Waals surface area contributed by atoms with E-state index in [9.17, 15) is 13.6 Å². The lowest BCUT2D eigenvalue weighted by Gasteiger charge is -2.10. The molecule has 0 saturated carbocycles. The smallest absolute Gasteiger partial charge is 0.187 e. The Morgan fingerprint density at radius 2 is 1.80 bits per heavy atom. The van der Waals surface area contributed by atoms with Gasteiger partial charge in [0.25, 0.3) is 0 Å². The Bertz CT molecular complexity index is 687. The van der Waals surface area contributed by atoms with Crippen LogP contribution in [0.2, 0.25) is 0 Å². The number of benzene rings is 2. The molecule has 0 saturated heterocycles. The summed E-state index contributed by atoms with van der Waals surface area (Å²) in [5, 5.41) is 9.15. The van der Waals surface area contributed by atoms with Crippen LogP contribution in [0.5, 0.6) is 0 Å². The summed E-state index contributed by atoms with van der Waals surface area (Å²) < 4.78 is 26.7. The average Bonchev–Trinajstić information content (AvgIpc) is 2.44. The van der Waals surface area contributed by atoms with Crippen molar-refractivity contribution in [2.75, 3.05) is 0 Å². The van der Waals surface area contributed by atoms with Gasteiger partial charge in [0, 0.05) is 0 Å². The Hall–Kier alpha value is -2.54. The van der Waals surface area contributed by atoms with Crippen LogP contribution in [-0.2, 0) is 0 Å². The third-order valence-electron chi connectivity index (χ3n) is 3.00. The first-order valence-electron chi connectivity index (χ1n) is 5.98. The maximum atomic E-state index is 13.6. The van der Waals surface area contributed by atoms with Crippen molar-refractivity contribution in [3.8, 4) is 6.07 Å². The van der Waals surface area contributed by atoms with Crippen LogP contribution in [-0.4, -0.2) is 5.78 Å². The molecule has 2 aromatic rings. The molecule has 0 aliphatic rings. The number of Topliss-reactive ketones (excluding diaryl/α,β-unsaturated/α-hetero) is 1. The summed E-state index contributed by atoms with van der Waals surface area (Å²) in [7, 11) is 0. The lowest BCUT2D eigenvalue weighted by Crippen LogP contribution is -2.13. The minimum absolute atomic E-state index is 0.405. The monoisotopic (exact) mass is 271 g/mol. The van der Waals surface area contributed by atoms with E-state index in [1.165, 1.54) is 0 Å². The van der Waals surface area contributed by atoms with Crippen LogP contribution < -0.4 is 0 Å². The van der Waals surface area contributed by atoms with Gasteiger partial charge < -0.3 is 0 Å². The minimum atomic E-state index is -1.15. The number of carbonyl (C=O) groups is 1. The highest BCUT2D eigenvalue weighted by atomic mass is 19.1. The number of nitriles is 1. The van der Waals surface area contributed by atoms with Crippen molar-refractivity contribution in [2.24, 2.45) is 0 Å². The molecule has 0 aliphatic carbocycles. The molecule has 1 atom stereocenters. The summed E-state index contributed by atoms with van der Waals surface area (Å²) in [6, 6.07) is 11.3. The SMILES string of the molecule is Cc1ccc(C(C#N)C(=O)c2cc(F)ccc2F)cc1. The first-order valence-corrected chi connectivity index (χ1v) is 5.98. The zero-order valence-corrected chi connectivity index (χ0v) is 10.7. The van der Waals surface area contributed by atoms with Crippen LogP contribution in [0.15, 0.2) is 42.5 Å². The van der Waals surface area contributed by atoms with Gasteiger partial charge in [0.15, 0.2) is 5.78 Å². The summed E-state index contributed by atoms with van der Waals surface area (Å²) in [6.45, 7) is 1.87. The third-order valence-corrected chi connectivity index (χ3v) is 3.00. The van der Waals surface area contributed by atoms with E-state index in [0.717, 1.165) is 23.8 Å². The third kappa shape index (κ3) is 2.72. The molecule has 0 aromatic heterocycles. The number of nitrogens with zero attached hydrogens (tertiary/aromatic N) is 1. The molecule has 4 heteroatoms. The quantitative estimate of drug-likeness (QED) is 0.797. The van der Waals surface area contributed by atoms with Gasteiger partial charge in [0.1, 0.15) is 17.6 Å². The van der Waals surface area contributed by atoms with E-state index in [1.54, 1.807) is 24.3 Å². The topological polar surface area (TPSA) is 40.9 Å². The molecule has 2 rings (SSSR count). The van der Waals surface area contributed by atoms with Gasteiger partial charge in [0.2, 0.25) is 0 Å². The van der Waals surface area contributed by atoms with Gasteiger partial charge in [-0.15, -0.1) is 0 Å². The first kappa shape index (κ1) is 13.9. The fourth-order valence-corrected chi connectivity index (χ4v) is 1.89. The Labute approximate surface area is 115 Å². The zero-order chi connectivity index (χ0) is 14.7. The Morgan fingerprint density at radius 3 is 2.40 bits per heavy atom. The van der Waals surface area contributed by atoms with Gasteiger partial charge in [-0.05, 0) is 30.7 Å². The van der Waals surface area contributed by atoms with Gasteiger partial charge in [-0.25, -0.2) is 8.78 Å². The highest BCUT2D eigenvalue weighted by Gasteiger charge is 2.24. The van der Waals surface area contributed by atoms with Crippen molar-refractivity contribution >= 4 is 5.78 Å². The van der Waals surface area contributed by atoms with E-state index in [-0.39, 0.29) is 0 Å². The molecule has 0 bridgehead atoms. The first-order chi connectivity index (χ1) is 9.52. The van der Waals surface area contributed by atoms with Crippen LogP contribution in [0.3, 0.4) is 0 Å². The molecule has 0 spiro atoms. The van der Waals surface area contributed by atoms with Gasteiger partial charge in [0.05, 0.1) is 11.6 Å². The normalized spacial score (nSPS) is 11.7. The summed E-state index contributed by atoms with van der Waals surface area (Å²) in [4.78, 5) is 12.2. The van der Waals surface area contributed by atoms with E-state index >= 15 is 0 Å². The Morgan fingerprint density at radius 1 is 1.15 bits per heavy atom. The van der Waals surface area contributed by atoms with E-state index < -0.39 is 28.9 Å². The van der Waals surface area contributed by atoms with Gasteiger partial charge >= 0.3 is 0 Å². The second kappa shape index (κ2) is 5.62. The molecule has 100 valence electrons. The molecule has 0 amide bonds. The average molecular weight is 271 g/mol.